The highest BCUT2D eigenvalue weighted by Crippen LogP contribution is 2.19. The Bertz CT molecular complexity index is 880. The molecule has 0 aromatic carbocycles. The maximum atomic E-state index is 12.0. The number of hydrogen-bond donors (Lipinski definition) is 0. The number of aryl methyl sites for hydroxylation is 2. The lowest BCUT2D eigenvalue weighted by Gasteiger charge is -2.13. The molecule has 2 aromatic heterocycles. The average molecular weight is 415 g/mol. The third-order valence-electron chi connectivity index (χ3n) is 4.50. The van der Waals surface area contributed by atoms with Crippen molar-refractivity contribution in [3.05, 3.63) is 52.5 Å². The molecule has 0 amide bonds. The van der Waals surface area contributed by atoms with Gasteiger partial charge in [0.25, 0.3) is 0 Å². The summed E-state index contributed by atoms with van der Waals surface area (Å²) in [6.45, 7) is 5.71. The van der Waals surface area contributed by atoms with Crippen molar-refractivity contribution in [2.24, 2.45) is 5.92 Å². The Hall–Kier alpha value is -2.96. The summed E-state index contributed by atoms with van der Waals surface area (Å²) in [6.07, 6.45) is 3.17. The quantitative estimate of drug-likeness (QED) is 0.548. The molecule has 7 heteroatoms. The van der Waals surface area contributed by atoms with Gasteiger partial charge in [0.2, 0.25) is 5.88 Å². The predicted molar refractivity (Wildman–Crippen MR) is 112 cm³/mol. The van der Waals surface area contributed by atoms with Gasteiger partial charge in [0.1, 0.15) is 6.61 Å². The summed E-state index contributed by atoms with van der Waals surface area (Å²) in [5.74, 6) is 0.285. The Balaban J connectivity index is 2.15. The van der Waals surface area contributed by atoms with Crippen LogP contribution in [0.2, 0.25) is 0 Å². The number of methoxy groups -OCH3 is 2. The number of aromatic nitrogens is 2. The van der Waals surface area contributed by atoms with Crippen LogP contribution in [0.1, 0.15) is 60.2 Å². The number of nitrogens with zero attached hydrogens (tertiary/aromatic N) is 2. The number of rotatable bonds is 10. The Morgan fingerprint density at radius 2 is 1.77 bits per heavy atom. The van der Waals surface area contributed by atoms with Crippen molar-refractivity contribution in [1.82, 2.24) is 9.97 Å². The van der Waals surface area contributed by atoms with E-state index < -0.39 is 11.9 Å². The predicted octanol–water partition coefficient (Wildman–Crippen LogP) is 3.71. The standard InChI is InChI=1S/C23H30N2O5/c1-15(2)11-17-9-10-22(28-4)25-21(17)8-6-7-19-12-18(23(27)29-5)13-20(24-19)14-30-16(3)26/h9-10,12-13,15H,6-8,11,14H2,1-5H3. The molecule has 0 atom stereocenters. The van der Waals surface area contributed by atoms with Crippen molar-refractivity contribution in [3.63, 3.8) is 0 Å². The number of hydrogen-bond acceptors (Lipinski definition) is 7. The number of carbonyl (C=O) groups excluding carboxylic acids is 2. The summed E-state index contributed by atoms with van der Waals surface area (Å²) in [5, 5.41) is 0. The number of ether oxygens (including phenoxy) is 3. The van der Waals surface area contributed by atoms with Crippen molar-refractivity contribution in [3.8, 4) is 5.88 Å². The van der Waals surface area contributed by atoms with Crippen molar-refractivity contribution in [1.29, 1.82) is 0 Å². The molecule has 0 N–H and O–H groups in total. The molecule has 2 rings (SSSR count). The molecule has 0 aliphatic heterocycles. The minimum absolute atomic E-state index is 0.0170. The monoisotopic (exact) mass is 414 g/mol. The maximum absolute atomic E-state index is 12.0. The average Bonchev–Trinajstić information content (AvgIpc) is 2.72. The van der Waals surface area contributed by atoms with Gasteiger partial charge in [-0.1, -0.05) is 19.9 Å². The molecular formula is C23H30N2O5. The van der Waals surface area contributed by atoms with E-state index in [9.17, 15) is 9.59 Å². The zero-order valence-electron chi connectivity index (χ0n) is 18.4. The van der Waals surface area contributed by atoms with Crippen LogP contribution in [-0.4, -0.2) is 36.1 Å². The summed E-state index contributed by atoms with van der Waals surface area (Å²) in [6, 6.07) is 7.28. The normalized spacial score (nSPS) is 10.7. The molecule has 2 heterocycles. The van der Waals surface area contributed by atoms with E-state index in [0.29, 0.717) is 29.5 Å². The largest absolute Gasteiger partial charge is 0.481 e. The lowest BCUT2D eigenvalue weighted by atomic mass is 9.98. The minimum atomic E-state index is -0.448. The number of esters is 2. The van der Waals surface area contributed by atoms with Gasteiger partial charge in [-0.15, -0.1) is 0 Å². The third-order valence-corrected chi connectivity index (χ3v) is 4.50. The topological polar surface area (TPSA) is 87.6 Å². The van der Waals surface area contributed by atoms with Gasteiger partial charge in [0.15, 0.2) is 0 Å². The lowest BCUT2D eigenvalue weighted by Crippen LogP contribution is -2.09. The molecule has 7 nitrogen and oxygen atoms in total. The highest BCUT2D eigenvalue weighted by Gasteiger charge is 2.13. The van der Waals surface area contributed by atoms with Crippen LogP contribution in [0.15, 0.2) is 24.3 Å². The van der Waals surface area contributed by atoms with Crippen LogP contribution in [0.3, 0.4) is 0 Å². The van der Waals surface area contributed by atoms with E-state index in [-0.39, 0.29) is 6.61 Å². The van der Waals surface area contributed by atoms with Crippen molar-refractivity contribution < 1.29 is 23.8 Å². The Morgan fingerprint density at radius 1 is 1.03 bits per heavy atom. The van der Waals surface area contributed by atoms with Crippen LogP contribution in [0, 0.1) is 5.92 Å². The first-order valence-corrected chi connectivity index (χ1v) is 10.1. The molecular weight excluding hydrogens is 384 g/mol. The highest BCUT2D eigenvalue weighted by atomic mass is 16.5. The second kappa shape index (κ2) is 11.3. The number of carbonyl (C=O) groups is 2. The van der Waals surface area contributed by atoms with Gasteiger partial charge in [-0.05, 0) is 49.3 Å². The van der Waals surface area contributed by atoms with Crippen LogP contribution >= 0.6 is 0 Å². The van der Waals surface area contributed by atoms with Crippen LogP contribution in [0.5, 0.6) is 5.88 Å². The molecule has 0 aliphatic carbocycles. The molecule has 0 spiro atoms. The lowest BCUT2D eigenvalue weighted by molar-refractivity contribution is -0.142. The van der Waals surface area contributed by atoms with Gasteiger partial charge in [-0.3, -0.25) is 9.78 Å². The van der Waals surface area contributed by atoms with Gasteiger partial charge in [0.05, 0.1) is 25.5 Å². The van der Waals surface area contributed by atoms with Crippen LogP contribution in [-0.2, 0) is 40.1 Å². The van der Waals surface area contributed by atoms with Gasteiger partial charge in [-0.2, -0.15) is 0 Å². The molecule has 0 bridgehead atoms. The SMILES string of the molecule is COC(=O)c1cc(CCCc2nc(OC)ccc2CC(C)C)nc(COC(C)=O)c1. The molecule has 0 aliphatic rings. The van der Waals surface area contributed by atoms with Crippen LogP contribution < -0.4 is 4.74 Å². The van der Waals surface area contributed by atoms with E-state index >= 15 is 0 Å². The Morgan fingerprint density at radius 3 is 2.40 bits per heavy atom. The van der Waals surface area contributed by atoms with Gasteiger partial charge < -0.3 is 14.2 Å². The van der Waals surface area contributed by atoms with E-state index in [1.54, 1.807) is 19.2 Å². The fourth-order valence-electron chi connectivity index (χ4n) is 3.17. The highest BCUT2D eigenvalue weighted by molar-refractivity contribution is 5.89. The first-order chi connectivity index (χ1) is 14.3. The fourth-order valence-corrected chi connectivity index (χ4v) is 3.17. The first-order valence-electron chi connectivity index (χ1n) is 10.1. The van der Waals surface area contributed by atoms with Gasteiger partial charge in [-0.25, -0.2) is 9.78 Å². The molecule has 30 heavy (non-hydrogen) atoms. The molecule has 0 radical (unpaired) electrons. The van der Waals surface area contributed by atoms with Crippen LogP contribution in [0.25, 0.3) is 0 Å². The summed E-state index contributed by atoms with van der Waals surface area (Å²) < 4.78 is 15.1. The molecule has 0 saturated heterocycles. The van der Waals surface area contributed by atoms with Crippen LogP contribution in [0.4, 0.5) is 0 Å². The van der Waals surface area contributed by atoms with E-state index in [1.165, 1.54) is 19.6 Å². The van der Waals surface area contributed by atoms with E-state index in [0.717, 1.165) is 30.7 Å². The number of pyridine rings is 2. The van der Waals surface area contributed by atoms with Crippen molar-refractivity contribution >= 4 is 11.9 Å². The van der Waals surface area contributed by atoms with E-state index in [4.69, 9.17) is 14.2 Å². The summed E-state index contributed by atoms with van der Waals surface area (Å²) in [4.78, 5) is 32.2. The molecule has 0 saturated carbocycles. The molecule has 162 valence electrons. The van der Waals surface area contributed by atoms with Gasteiger partial charge >= 0.3 is 11.9 Å². The Kier molecular flexibility index (Phi) is 8.77. The zero-order valence-corrected chi connectivity index (χ0v) is 18.4. The minimum Gasteiger partial charge on any atom is -0.481 e. The second-order valence-electron chi connectivity index (χ2n) is 7.52. The zero-order chi connectivity index (χ0) is 22.1. The maximum Gasteiger partial charge on any atom is 0.337 e. The summed E-state index contributed by atoms with van der Waals surface area (Å²) >= 11 is 0. The molecule has 2 aromatic rings. The molecule has 0 unspecified atom stereocenters. The second-order valence-corrected chi connectivity index (χ2v) is 7.52. The Labute approximate surface area is 177 Å². The fraction of sp³-hybridized carbons (Fsp3) is 0.478. The summed E-state index contributed by atoms with van der Waals surface area (Å²) in [7, 11) is 2.94. The first kappa shape index (κ1) is 23.3. The van der Waals surface area contributed by atoms with Gasteiger partial charge in [0, 0.05) is 24.4 Å². The third kappa shape index (κ3) is 7.13. The van der Waals surface area contributed by atoms with Crippen molar-refractivity contribution in [2.75, 3.05) is 14.2 Å². The smallest absolute Gasteiger partial charge is 0.337 e. The van der Waals surface area contributed by atoms with E-state index in [2.05, 4.69) is 29.9 Å². The van der Waals surface area contributed by atoms with E-state index in [1.807, 2.05) is 6.07 Å². The van der Waals surface area contributed by atoms with Crippen molar-refractivity contribution in [2.45, 2.75) is 53.1 Å². The molecule has 0 fully saturated rings. The summed E-state index contributed by atoms with van der Waals surface area (Å²) in [5.41, 5.74) is 3.89.